The molecule has 0 aliphatic carbocycles. The molecule has 4 atom stereocenters. The number of rotatable bonds is 3. The van der Waals surface area contributed by atoms with Crippen LogP contribution in [0.1, 0.15) is 44.2 Å². The molecule has 0 bridgehead atoms. The molecule has 0 unspecified atom stereocenters. The van der Waals surface area contributed by atoms with Crippen molar-refractivity contribution in [3.63, 3.8) is 0 Å². The number of benzene rings is 1. The summed E-state index contributed by atoms with van der Waals surface area (Å²) in [5.74, 6) is 0. The number of ether oxygens (including phenoxy) is 1. The van der Waals surface area contributed by atoms with Crippen molar-refractivity contribution in [2.45, 2.75) is 57.0 Å². The van der Waals surface area contributed by atoms with Crippen molar-refractivity contribution in [1.29, 1.82) is 0 Å². The van der Waals surface area contributed by atoms with Crippen LogP contribution in [0.15, 0.2) is 30.3 Å². The van der Waals surface area contributed by atoms with E-state index in [1.54, 1.807) is 0 Å². The van der Waals surface area contributed by atoms with Crippen LogP contribution >= 0.6 is 0 Å². The van der Waals surface area contributed by atoms with E-state index in [4.69, 9.17) is 4.74 Å². The zero-order chi connectivity index (χ0) is 13.2. The zero-order valence-corrected chi connectivity index (χ0v) is 11.5. The second-order valence-corrected chi connectivity index (χ2v) is 5.64. The lowest BCUT2D eigenvalue weighted by Gasteiger charge is -2.41. The van der Waals surface area contributed by atoms with Crippen LogP contribution in [0.4, 0.5) is 0 Å². The molecule has 2 fully saturated rings. The Morgan fingerprint density at radius 3 is 2.84 bits per heavy atom. The fraction of sp³-hybridized carbons (Fsp3) is 0.625. The smallest absolute Gasteiger partial charge is 0.111 e. The molecule has 2 heterocycles. The topological polar surface area (TPSA) is 32.7 Å². The van der Waals surface area contributed by atoms with Crippen LogP contribution in [0.2, 0.25) is 0 Å². The highest BCUT2D eigenvalue weighted by Gasteiger charge is 2.43. The van der Waals surface area contributed by atoms with Gasteiger partial charge in [0.1, 0.15) is 6.23 Å². The number of piperidine rings is 1. The van der Waals surface area contributed by atoms with Crippen LogP contribution in [-0.4, -0.2) is 35.0 Å². The summed E-state index contributed by atoms with van der Waals surface area (Å²) in [6.07, 6.45) is 4.11. The number of aliphatic hydroxyl groups excluding tert-OH is 1. The zero-order valence-electron chi connectivity index (χ0n) is 11.5. The van der Waals surface area contributed by atoms with Crippen molar-refractivity contribution in [3.05, 3.63) is 35.9 Å². The molecule has 1 aromatic rings. The maximum absolute atomic E-state index is 10.3. The van der Waals surface area contributed by atoms with Gasteiger partial charge in [0, 0.05) is 6.04 Å². The minimum atomic E-state index is -0.240. The molecule has 3 rings (SSSR count). The van der Waals surface area contributed by atoms with E-state index in [0.29, 0.717) is 6.04 Å². The highest BCUT2D eigenvalue weighted by Crippen LogP contribution is 2.39. The number of hydrogen-bond donors (Lipinski definition) is 1. The molecule has 3 nitrogen and oxygen atoms in total. The van der Waals surface area contributed by atoms with E-state index in [-0.39, 0.29) is 18.4 Å². The summed E-state index contributed by atoms with van der Waals surface area (Å²) in [7, 11) is 0. The van der Waals surface area contributed by atoms with Crippen molar-refractivity contribution in [1.82, 2.24) is 4.90 Å². The molecule has 0 spiro atoms. The average molecular weight is 261 g/mol. The van der Waals surface area contributed by atoms with Crippen molar-refractivity contribution in [2.75, 3.05) is 6.61 Å². The Morgan fingerprint density at radius 1 is 1.32 bits per heavy atom. The van der Waals surface area contributed by atoms with E-state index in [2.05, 4.69) is 36.1 Å². The minimum Gasteiger partial charge on any atom is -0.392 e. The average Bonchev–Trinajstić information content (AvgIpc) is 2.91. The van der Waals surface area contributed by atoms with E-state index in [1.807, 2.05) is 6.07 Å². The molecule has 0 amide bonds. The summed E-state index contributed by atoms with van der Waals surface area (Å²) in [5.41, 5.74) is 1.31. The molecule has 104 valence electrons. The number of aliphatic hydroxyl groups is 1. The molecule has 2 saturated heterocycles. The number of fused-ring (bicyclic) bond motifs is 1. The third kappa shape index (κ3) is 2.42. The third-order valence-corrected chi connectivity index (χ3v) is 4.52. The van der Waals surface area contributed by atoms with E-state index in [1.165, 1.54) is 5.56 Å². The van der Waals surface area contributed by atoms with Gasteiger partial charge in [-0.1, -0.05) is 37.3 Å². The summed E-state index contributed by atoms with van der Waals surface area (Å²) in [5, 5.41) is 10.3. The van der Waals surface area contributed by atoms with E-state index >= 15 is 0 Å². The monoisotopic (exact) mass is 261 g/mol. The summed E-state index contributed by atoms with van der Waals surface area (Å²) in [6, 6.07) is 11.1. The van der Waals surface area contributed by atoms with Gasteiger partial charge in [0.25, 0.3) is 0 Å². The predicted molar refractivity (Wildman–Crippen MR) is 74.7 cm³/mol. The van der Waals surface area contributed by atoms with Gasteiger partial charge in [0.2, 0.25) is 0 Å². The van der Waals surface area contributed by atoms with Crippen LogP contribution in [-0.2, 0) is 4.74 Å². The maximum atomic E-state index is 10.3. The van der Waals surface area contributed by atoms with Crippen molar-refractivity contribution < 1.29 is 9.84 Å². The summed E-state index contributed by atoms with van der Waals surface area (Å²) >= 11 is 0. The summed E-state index contributed by atoms with van der Waals surface area (Å²) < 4.78 is 5.96. The second kappa shape index (κ2) is 5.61. The molecule has 3 heteroatoms. The quantitative estimate of drug-likeness (QED) is 0.908. The normalized spacial score (nSPS) is 33.1. The van der Waals surface area contributed by atoms with Gasteiger partial charge in [-0.2, -0.15) is 0 Å². The first-order chi connectivity index (χ1) is 9.31. The van der Waals surface area contributed by atoms with Crippen molar-refractivity contribution in [2.24, 2.45) is 0 Å². The van der Waals surface area contributed by atoms with Gasteiger partial charge in [0.15, 0.2) is 0 Å². The summed E-state index contributed by atoms with van der Waals surface area (Å²) in [4.78, 5) is 2.42. The van der Waals surface area contributed by atoms with Gasteiger partial charge in [-0.05, 0) is 31.2 Å². The number of nitrogens with zero attached hydrogens (tertiary/aromatic N) is 1. The molecular weight excluding hydrogens is 238 g/mol. The van der Waals surface area contributed by atoms with Crippen LogP contribution in [0.5, 0.6) is 0 Å². The molecule has 0 saturated carbocycles. The Hall–Kier alpha value is -0.900. The van der Waals surface area contributed by atoms with Gasteiger partial charge in [-0.15, -0.1) is 0 Å². The van der Waals surface area contributed by atoms with Gasteiger partial charge in [-0.3, -0.25) is 4.90 Å². The molecule has 2 aliphatic rings. The summed E-state index contributed by atoms with van der Waals surface area (Å²) in [6.45, 7) is 2.81. The minimum absolute atomic E-state index is 0.199. The Bertz CT molecular complexity index is 408. The number of hydrogen-bond acceptors (Lipinski definition) is 3. The Balaban J connectivity index is 1.86. The van der Waals surface area contributed by atoms with Gasteiger partial charge >= 0.3 is 0 Å². The van der Waals surface area contributed by atoms with Gasteiger partial charge < -0.3 is 9.84 Å². The first-order valence-corrected chi connectivity index (χ1v) is 7.43. The fourth-order valence-electron chi connectivity index (χ4n) is 3.51. The highest BCUT2D eigenvalue weighted by molar-refractivity contribution is 5.21. The Labute approximate surface area is 115 Å². The van der Waals surface area contributed by atoms with Crippen LogP contribution in [0.3, 0.4) is 0 Å². The lowest BCUT2D eigenvalue weighted by molar-refractivity contribution is -0.0654. The largest absolute Gasteiger partial charge is 0.392 e. The lowest BCUT2D eigenvalue weighted by Crippen LogP contribution is -2.50. The predicted octanol–water partition coefficient (Wildman–Crippen LogP) is 2.71. The molecule has 2 aliphatic heterocycles. The standard InChI is InChI=1S/C16H23NO2/c1-2-15(18)13-9-6-10-16-17(13)14(11-19-16)12-7-4-3-5-8-12/h3-5,7-8,13-16,18H,2,6,9-11H2,1H3/t13-,14+,15-,16-/m1/s1. The molecule has 0 aromatic heterocycles. The third-order valence-electron chi connectivity index (χ3n) is 4.52. The Kier molecular flexibility index (Phi) is 3.87. The second-order valence-electron chi connectivity index (χ2n) is 5.64. The molecule has 1 N–H and O–H groups in total. The lowest BCUT2D eigenvalue weighted by atomic mass is 9.92. The van der Waals surface area contributed by atoms with E-state index < -0.39 is 0 Å². The van der Waals surface area contributed by atoms with Crippen molar-refractivity contribution >= 4 is 0 Å². The van der Waals surface area contributed by atoms with E-state index in [9.17, 15) is 5.11 Å². The van der Waals surface area contributed by atoms with Gasteiger partial charge in [-0.25, -0.2) is 0 Å². The fourth-order valence-corrected chi connectivity index (χ4v) is 3.51. The van der Waals surface area contributed by atoms with Crippen LogP contribution in [0.25, 0.3) is 0 Å². The first kappa shape index (κ1) is 13.1. The van der Waals surface area contributed by atoms with Crippen LogP contribution in [0, 0.1) is 0 Å². The van der Waals surface area contributed by atoms with Gasteiger partial charge in [0.05, 0.1) is 18.8 Å². The van der Waals surface area contributed by atoms with Crippen molar-refractivity contribution in [3.8, 4) is 0 Å². The molecule has 0 radical (unpaired) electrons. The molecule has 19 heavy (non-hydrogen) atoms. The molecular formula is C16H23NO2. The molecule has 1 aromatic carbocycles. The Morgan fingerprint density at radius 2 is 2.11 bits per heavy atom. The first-order valence-electron chi connectivity index (χ1n) is 7.43. The maximum Gasteiger partial charge on any atom is 0.111 e. The van der Waals surface area contributed by atoms with E-state index in [0.717, 1.165) is 32.3 Å². The highest BCUT2D eigenvalue weighted by atomic mass is 16.5. The SMILES string of the molecule is CC[C@@H](O)[C@H]1CCC[C@H]2OC[C@@H](c3ccccc3)N12. The van der Waals surface area contributed by atoms with Crippen LogP contribution < -0.4 is 0 Å².